The van der Waals surface area contributed by atoms with Crippen LogP contribution in [0.1, 0.15) is 46.1 Å². The molecule has 0 radical (unpaired) electrons. The second-order valence-electron chi connectivity index (χ2n) is 6.80. The summed E-state index contributed by atoms with van der Waals surface area (Å²) in [4.78, 5) is 10.6. The largest absolute Gasteiger partial charge is 0.419 e. The first-order chi connectivity index (χ1) is 13.8. The molecule has 0 aromatic carbocycles. The zero-order chi connectivity index (χ0) is 21.7. The molecule has 1 atom stereocenters. The van der Waals surface area contributed by atoms with E-state index in [1.165, 1.54) is 12.3 Å². The Kier molecular flexibility index (Phi) is 11.4. The molecule has 0 aliphatic rings. The van der Waals surface area contributed by atoms with Crippen molar-refractivity contribution in [2.45, 2.75) is 52.8 Å². The predicted molar refractivity (Wildman–Crippen MR) is 113 cm³/mol. The molecule has 9 heteroatoms. The minimum Gasteiger partial charge on any atom is -0.368 e. The Bertz CT molecular complexity index is 602. The number of pyridine rings is 1. The van der Waals surface area contributed by atoms with Gasteiger partial charge in [0.15, 0.2) is 5.96 Å². The molecule has 0 spiro atoms. The second kappa shape index (κ2) is 13.2. The highest BCUT2D eigenvalue weighted by atomic mass is 19.4. The lowest BCUT2D eigenvalue weighted by molar-refractivity contribution is -0.137. The van der Waals surface area contributed by atoms with E-state index >= 15 is 0 Å². The lowest BCUT2D eigenvalue weighted by Gasteiger charge is -2.21. The van der Waals surface area contributed by atoms with Gasteiger partial charge in [-0.25, -0.2) is 4.98 Å². The fourth-order valence-electron chi connectivity index (χ4n) is 2.90. The lowest BCUT2D eigenvalue weighted by atomic mass is 10.2. The summed E-state index contributed by atoms with van der Waals surface area (Å²) in [5, 5.41) is 9.26. The van der Waals surface area contributed by atoms with Crippen LogP contribution in [-0.4, -0.2) is 61.2 Å². The van der Waals surface area contributed by atoms with Crippen LogP contribution in [-0.2, 0) is 6.18 Å². The molecule has 0 saturated carbocycles. The average molecular weight is 417 g/mol. The number of hydrogen-bond donors (Lipinski definition) is 3. The lowest BCUT2D eigenvalue weighted by Crippen LogP contribution is -2.42. The van der Waals surface area contributed by atoms with E-state index in [1.54, 1.807) is 0 Å². The summed E-state index contributed by atoms with van der Waals surface area (Å²) in [6.45, 7) is 12.9. The van der Waals surface area contributed by atoms with Gasteiger partial charge >= 0.3 is 6.18 Å². The molecule has 0 amide bonds. The Labute approximate surface area is 172 Å². The summed E-state index contributed by atoms with van der Waals surface area (Å²) in [6.07, 6.45) is -0.984. The van der Waals surface area contributed by atoms with Crippen LogP contribution < -0.4 is 16.0 Å². The fourth-order valence-corrected chi connectivity index (χ4v) is 2.90. The molecule has 0 aliphatic carbocycles. The molecule has 29 heavy (non-hydrogen) atoms. The van der Waals surface area contributed by atoms with Crippen molar-refractivity contribution < 1.29 is 13.2 Å². The highest BCUT2D eigenvalue weighted by Gasteiger charge is 2.33. The van der Waals surface area contributed by atoms with Gasteiger partial charge in [-0.2, -0.15) is 13.2 Å². The third-order valence-corrected chi connectivity index (χ3v) is 4.52. The van der Waals surface area contributed by atoms with Crippen LogP contribution in [0, 0.1) is 0 Å². The monoisotopic (exact) mass is 416 g/mol. The Morgan fingerprint density at radius 2 is 1.97 bits per heavy atom. The van der Waals surface area contributed by atoms with Gasteiger partial charge in [0.25, 0.3) is 0 Å². The molecule has 3 N–H and O–H groups in total. The van der Waals surface area contributed by atoms with E-state index in [-0.39, 0.29) is 18.4 Å². The van der Waals surface area contributed by atoms with E-state index < -0.39 is 11.7 Å². The van der Waals surface area contributed by atoms with Crippen molar-refractivity contribution in [3.63, 3.8) is 0 Å². The van der Waals surface area contributed by atoms with Gasteiger partial charge in [-0.15, -0.1) is 0 Å². The van der Waals surface area contributed by atoms with Crippen molar-refractivity contribution in [2.75, 3.05) is 44.6 Å². The molecule has 1 heterocycles. The van der Waals surface area contributed by atoms with Crippen LogP contribution in [0.4, 0.5) is 19.0 Å². The number of hydrogen-bond acceptors (Lipinski definition) is 4. The average Bonchev–Trinajstić information content (AvgIpc) is 2.68. The summed E-state index contributed by atoms with van der Waals surface area (Å²) in [5.41, 5.74) is -0.768. The Hall–Kier alpha value is -2.03. The molecule has 1 rings (SSSR count). The molecule has 1 aromatic heterocycles. The fraction of sp³-hybridized carbons (Fsp3) is 0.700. The van der Waals surface area contributed by atoms with Gasteiger partial charge in [0.05, 0.1) is 12.1 Å². The van der Waals surface area contributed by atoms with Gasteiger partial charge in [0.1, 0.15) is 5.82 Å². The van der Waals surface area contributed by atoms with Crippen molar-refractivity contribution in [1.29, 1.82) is 0 Å². The predicted octanol–water partition coefficient (Wildman–Crippen LogP) is 3.58. The molecule has 166 valence electrons. The van der Waals surface area contributed by atoms with Crippen molar-refractivity contribution >= 4 is 11.8 Å². The molecular weight excluding hydrogens is 381 g/mol. The Morgan fingerprint density at radius 1 is 1.24 bits per heavy atom. The molecular formula is C20H35F3N6. The van der Waals surface area contributed by atoms with Gasteiger partial charge in [-0.05, 0) is 58.5 Å². The number of aromatic nitrogens is 1. The molecule has 0 fully saturated rings. The maximum Gasteiger partial charge on any atom is 0.419 e. The minimum absolute atomic E-state index is 0.169. The Balaban J connectivity index is 2.50. The third-order valence-electron chi connectivity index (χ3n) is 4.52. The van der Waals surface area contributed by atoms with Crippen LogP contribution in [0.5, 0.6) is 0 Å². The number of nitrogens with one attached hydrogen (secondary N) is 3. The van der Waals surface area contributed by atoms with Crippen molar-refractivity contribution in [3.05, 3.63) is 23.9 Å². The summed E-state index contributed by atoms with van der Waals surface area (Å²) >= 11 is 0. The van der Waals surface area contributed by atoms with Crippen molar-refractivity contribution in [1.82, 2.24) is 20.5 Å². The summed E-state index contributed by atoms with van der Waals surface area (Å²) in [5.74, 6) is 0.500. The smallest absolute Gasteiger partial charge is 0.368 e. The van der Waals surface area contributed by atoms with Gasteiger partial charge in [0, 0.05) is 25.3 Å². The first-order valence-corrected chi connectivity index (χ1v) is 10.3. The first-order valence-electron chi connectivity index (χ1n) is 10.3. The number of guanidine groups is 1. The molecule has 0 bridgehead atoms. The molecule has 1 unspecified atom stereocenters. The number of anilines is 1. The third kappa shape index (κ3) is 9.83. The SMILES string of the molecule is CCNC(=NCCNc1ncccc1C(F)(F)F)NC(C)CCCN(CC)CC. The van der Waals surface area contributed by atoms with Crippen LogP contribution in [0.2, 0.25) is 0 Å². The van der Waals surface area contributed by atoms with Crippen molar-refractivity contribution in [2.24, 2.45) is 4.99 Å². The molecule has 1 aromatic rings. The normalized spacial score (nSPS) is 13.4. The zero-order valence-electron chi connectivity index (χ0n) is 17.9. The van der Waals surface area contributed by atoms with Gasteiger partial charge in [-0.1, -0.05) is 13.8 Å². The number of rotatable bonds is 12. The van der Waals surface area contributed by atoms with E-state index in [1.807, 2.05) is 6.92 Å². The van der Waals surface area contributed by atoms with Crippen LogP contribution in [0.15, 0.2) is 23.3 Å². The number of nitrogens with zero attached hydrogens (tertiary/aromatic N) is 3. The highest BCUT2D eigenvalue weighted by Crippen LogP contribution is 2.33. The summed E-state index contributed by atoms with van der Waals surface area (Å²) in [7, 11) is 0. The van der Waals surface area contributed by atoms with Gasteiger partial charge in [0.2, 0.25) is 0 Å². The summed E-state index contributed by atoms with van der Waals surface area (Å²) in [6, 6.07) is 2.55. The van der Waals surface area contributed by atoms with Crippen molar-refractivity contribution in [3.8, 4) is 0 Å². The maximum absolute atomic E-state index is 13.0. The highest BCUT2D eigenvalue weighted by molar-refractivity contribution is 5.80. The Morgan fingerprint density at radius 3 is 2.59 bits per heavy atom. The topological polar surface area (TPSA) is 64.6 Å². The van der Waals surface area contributed by atoms with E-state index in [0.29, 0.717) is 19.0 Å². The van der Waals surface area contributed by atoms with Crippen LogP contribution >= 0.6 is 0 Å². The number of halogens is 3. The quantitative estimate of drug-likeness (QED) is 0.276. The van der Waals surface area contributed by atoms with E-state index in [4.69, 9.17) is 0 Å². The second-order valence-corrected chi connectivity index (χ2v) is 6.80. The molecule has 6 nitrogen and oxygen atoms in total. The van der Waals surface area contributed by atoms with E-state index in [2.05, 4.69) is 51.6 Å². The number of alkyl halides is 3. The molecule has 0 aliphatic heterocycles. The first kappa shape index (κ1) is 25.0. The van der Waals surface area contributed by atoms with Gasteiger partial charge in [-0.3, -0.25) is 4.99 Å². The maximum atomic E-state index is 13.0. The minimum atomic E-state index is -4.43. The zero-order valence-corrected chi connectivity index (χ0v) is 17.9. The molecule has 0 saturated heterocycles. The van der Waals surface area contributed by atoms with E-state index in [9.17, 15) is 13.2 Å². The summed E-state index contributed by atoms with van der Waals surface area (Å²) < 4.78 is 39.0. The van der Waals surface area contributed by atoms with Crippen LogP contribution in [0.3, 0.4) is 0 Å². The standard InChI is InChI=1S/C20H35F3N6/c1-5-24-19(28-16(4)10-9-15-29(6-2)7-3)27-14-13-26-18-17(20(21,22)23)11-8-12-25-18/h8,11-12,16H,5-7,9-10,13-15H2,1-4H3,(H,25,26)(H2,24,27,28). The van der Waals surface area contributed by atoms with E-state index in [0.717, 1.165) is 38.5 Å². The van der Waals surface area contributed by atoms with Crippen LogP contribution in [0.25, 0.3) is 0 Å². The number of aliphatic imine (C=N–C) groups is 1. The van der Waals surface area contributed by atoms with Gasteiger partial charge < -0.3 is 20.9 Å².